The lowest BCUT2D eigenvalue weighted by atomic mass is 10.2. The number of phenols is 1. The van der Waals surface area contributed by atoms with Crippen LogP contribution in [0, 0.1) is 6.92 Å². The lowest BCUT2D eigenvalue weighted by Crippen LogP contribution is -2.16. The highest BCUT2D eigenvalue weighted by Crippen LogP contribution is 2.27. The maximum Gasteiger partial charge on any atom is 0.274 e. The topological polar surface area (TPSA) is 66.6 Å². The lowest BCUT2D eigenvalue weighted by molar-refractivity contribution is 0.102. The van der Waals surface area contributed by atoms with E-state index in [0.717, 1.165) is 23.3 Å². The van der Waals surface area contributed by atoms with Gasteiger partial charge in [-0.2, -0.15) is 0 Å². The Hall–Kier alpha value is -2.53. The number of aromatic hydroxyl groups is 1. The summed E-state index contributed by atoms with van der Waals surface area (Å²) in [5.74, 6) is -0.357. The molecule has 0 radical (unpaired) electrons. The van der Waals surface area contributed by atoms with E-state index in [4.69, 9.17) is 11.6 Å². The van der Waals surface area contributed by atoms with Crippen LogP contribution in [0.4, 0.5) is 5.69 Å². The van der Waals surface area contributed by atoms with Crippen molar-refractivity contribution in [1.82, 2.24) is 9.38 Å². The Morgan fingerprint density at radius 3 is 2.92 bits per heavy atom. The molecule has 0 spiro atoms. The Balaban J connectivity index is 2.07. The van der Waals surface area contributed by atoms with Gasteiger partial charge in [0.15, 0.2) is 0 Å². The molecule has 2 heterocycles. The summed E-state index contributed by atoms with van der Waals surface area (Å²) in [6, 6.07) is 8.37. The Morgan fingerprint density at radius 1 is 1.38 bits per heavy atom. The number of hydrogen-bond donors (Lipinski definition) is 2. The van der Waals surface area contributed by atoms with Crippen LogP contribution in [0.25, 0.3) is 5.65 Å². The van der Waals surface area contributed by atoms with E-state index < -0.39 is 0 Å². The van der Waals surface area contributed by atoms with E-state index in [1.807, 2.05) is 32.2 Å². The van der Waals surface area contributed by atoms with Crippen LogP contribution in [-0.4, -0.2) is 20.4 Å². The molecule has 5 nitrogen and oxygen atoms in total. The Bertz CT molecular complexity index is 918. The second-order valence-corrected chi connectivity index (χ2v) is 6.09. The number of rotatable bonds is 4. The molecule has 24 heavy (non-hydrogen) atoms. The molecule has 1 amide bonds. The molecule has 3 aromatic rings. The number of nitrogens with zero attached hydrogens (tertiary/aromatic N) is 2. The van der Waals surface area contributed by atoms with Crippen molar-refractivity contribution in [3.63, 3.8) is 0 Å². The predicted molar refractivity (Wildman–Crippen MR) is 95.0 cm³/mol. The smallest absolute Gasteiger partial charge is 0.274 e. The van der Waals surface area contributed by atoms with E-state index in [0.29, 0.717) is 17.1 Å². The van der Waals surface area contributed by atoms with Gasteiger partial charge < -0.3 is 10.4 Å². The van der Waals surface area contributed by atoms with Gasteiger partial charge in [0.05, 0.1) is 11.4 Å². The third-order valence-corrected chi connectivity index (χ3v) is 4.06. The zero-order valence-electron chi connectivity index (χ0n) is 13.5. The van der Waals surface area contributed by atoms with Gasteiger partial charge in [0.2, 0.25) is 0 Å². The van der Waals surface area contributed by atoms with Crippen LogP contribution >= 0.6 is 11.6 Å². The summed E-state index contributed by atoms with van der Waals surface area (Å²) >= 11 is 5.94. The minimum Gasteiger partial charge on any atom is -0.506 e. The van der Waals surface area contributed by atoms with Gasteiger partial charge in [-0.25, -0.2) is 4.98 Å². The molecule has 0 aliphatic heterocycles. The van der Waals surface area contributed by atoms with Gasteiger partial charge in [-0.3, -0.25) is 9.20 Å². The van der Waals surface area contributed by atoms with E-state index in [1.165, 1.54) is 12.1 Å². The number of imidazole rings is 1. The highest BCUT2D eigenvalue weighted by atomic mass is 35.5. The van der Waals surface area contributed by atoms with E-state index in [-0.39, 0.29) is 17.3 Å². The first-order chi connectivity index (χ1) is 11.5. The molecule has 2 N–H and O–H groups in total. The van der Waals surface area contributed by atoms with Crippen molar-refractivity contribution in [2.75, 3.05) is 5.32 Å². The molecule has 1 aromatic carbocycles. The van der Waals surface area contributed by atoms with E-state index in [2.05, 4.69) is 10.3 Å². The Labute approximate surface area is 144 Å². The van der Waals surface area contributed by atoms with Crippen LogP contribution in [0.5, 0.6) is 5.75 Å². The van der Waals surface area contributed by atoms with E-state index in [9.17, 15) is 9.90 Å². The van der Waals surface area contributed by atoms with Crippen LogP contribution in [0.3, 0.4) is 0 Å². The fourth-order valence-electron chi connectivity index (χ4n) is 2.69. The van der Waals surface area contributed by atoms with Crippen molar-refractivity contribution in [2.45, 2.75) is 26.7 Å². The number of hydrogen-bond acceptors (Lipinski definition) is 3. The van der Waals surface area contributed by atoms with Gasteiger partial charge in [0.1, 0.15) is 17.1 Å². The molecule has 6 heteroatoms. The second kappa shape index (κ2) is 6.53. The van der Waals surface area contributed by atoms with Gasteiger partial charge in [-0.05, 0) is 43.2 Å². The zero-order valence-corrected chi connectivity index (χ0v) is 14.3. The average molecular weight is 344 g/mol. The highest BCUT2D eigenvalue weighted by Gasteiger charge is 2.20. The zero-order chi connectivity index (χ0) is 17.3. The summed E-state index contributed by atoms with van der Waals surface area (Å²) in [4.78, 5) is 17.5. The number of nitrogens with one attached hydrogen (secondary N) is 1. The molecule has 0 saturated heterocycles. The van der Waals surface area contributed by atoms with E-state index >= 15 is 0 Å². The number of anilines is 1. The van der Waals surface area contributed by atoms with Crippen LogP contribution in [-0.2, 0) is 6.42 Å². The molecule has 0 aliphatic rings. The number of phenolic OH excluding ortho intramolecular Hbond substituents is 1. The molecule has 0 unspecified atom stereocenters. The fourth-order valence-corrected chi connectivity index (χ4v) is 2.86. The Kier molecular flexibility index (Phi) is 4.44. The number of pyridine rings is 1. The first-order valence-corrected chi connectivity index (χ1v) is 8.15. The third kappa shape index (κ3) is 2.95. The number of benzene rings is 1. The van der Waals surface area contributed by atoms with E-state index in [1.54, 1.807) is 10.5 Å². The molecular weight excluding hydrogens is 326 g/mol. The summed E-state index contributed by atoms with van der Waals surface area (Å²) in [5.41, 5.74) is 3.26. The first-order valence-electron chi connectivity index (χ1n) is 7.77. The number of carbonyl (C=O) groups is 1. The normalized spacial score (nSPS) is 11.0. The third-order valence-electron chi connectivity index (χ3n) is 3.83. The summed E-state index contributed by atoms with van der Waals surface area (Å²) in [7, 11) is 0. The predicted octanol–water partition coefficient (Wildman–Crippen LogP) is 4.21. The summed E-state index contributed by atoms with van der Waals surface area (Å²) < 4.78 is 1.79. The monoisotopic (exact) mass is 343 g/mol. The number of amides is 1. The number of aromatic nitrogens is 2. The van der Waals surface area contributed by atoms with Crippen molar-refractivity contribution in [2.24, 2.45) is 0 Å². The fraction of sp³-hybridized carbons (Fsp3) is 0.222. The number of aryl methyl sites for hydroxylation is 2. The van der Waals surface area contributed by atoms with Crippen molar-refractivity contribution >= 4 is 28.8 Å². The quantitative estimate of drug-likeness (QED) is 0.697. The number of halogens is 1. The van der Waals surface area contributed by atoms with Gasteiger partial charge in [-0.1, -0.05) is 31.0 Å². The molecule has 0 saturated carbocycles. The highest BCUT2D eigenvalue weighted by molar-refractivity contribution is 6.31. The molecule has 3 rings (SSSR count). The summed E-state index contributed by atoms with van der Waals surface area (Å²) in [5, 5.41) is 13.1. The minimum absolute atomic E-state index is 0.0326. The molecular formula is C18H18ClN3O2. The van der Waals surface area contributed by atoms with Gasteiger partial charge in [-0.15, -0.1) is 0 Å². The largest absolute Gasteiger partial charge is 0.506 e. The standard InChI is InChI=1S/C18H18ClN3O2/c1-3-5-13-16(22-9-4-6-11(2)17(22)20-13)18(24)21-14-10-12(19)7-8-15(14)23/h4,6-10,23H,3,5H2,1-2H3,(H,21,24). The van der Waals surface area contributed by atoms with Crippen LogP contribution in [0.2, 0.25) is 5.02 Å². The van der Waals surface area contributed by atoms with Crippen molar-refractivity contribution in [3.8, 4) is 5.75 Å². The van der Waals surface area contributed by atoms with Crippen molar-refractivity contribution < 1.29 is 9.90 Å². The SMILES string of the molecule is CCCc1nc2c(C)cccn2c1C(=O)Nc1cc(Cl)ccc1O. The number of carbonyl (C=O) groups excluding carboxylic acids is 1. The summed E-state index contributed by atoms with van der Waals surface area (Å²) in [6.07, 6.45) is 3.40. The maximum absolute atomic E-state index is 12.8. The van der Waals surface area contributed by atoms with Gasteiger partial charge >= 0.3 is 0 Å². The van der Waals surface area contributed by atoms with Crippen molar-refractivity contribution in [1.29, 1.82) is 0 Å². The van der Waals surface area contributed by atoms with Crippen LogP contribution < -0.4 is 5.32 Å². The van der Waals surface area contributed by atoms with Gasteiger partial charge in [0.25, 0.3) is 5.91 Å². The lowest BCUT2D eigenvalue weighted by Gasteiger charge is -2.09. The molecule has 0 aliphatic carbocycles. The Morgan fingerprint density at radius 2 is 2.17 bits per heavy atom. The molecule has 0 bridgehead atoms. The molecule has 0 fully saturated rings. The van der Waals surface area contributed by atoms with Crippen LogP contribution in [0.15, 0.2) is 36.5 Å². The molecule has 124 valence electrons. The average Bonchev–Trinajstić information content (AvgIpc) is 2.91. The van der Waals surface area contributed by atoms with Gasteiger partial charge in [0, 0.05) is 11.2 Å². The maximum atomic E-state index is 12.8. The van der Waals surface area contributed by atoms with Crippen molar-refractivity contribution in [3.05, 3.63) is 58.5 Å². The molecule has 0 atom stereocenters. The minimum atomic E-state index is -0.325. The second-order valence-electron chi connectivity index (χ2n) is 5.66. The first kappa shape index (κ1) is 16.3. The summed E-state index contributed by atoms with van der Waals surface area (Å²) in [6.45, 7) is 4.00. The molecule has 2 aromatic heterocycles. The number of fused-ring (bicyclic) bond motifs is 1. The van der Waals surface area contributed by atoms with Crippen LogP contribution in [0.1, 0.15) is 35.1 Å².